The van der Waals surface area contributed by atoms with Gasteiger partial charge in [0.25, 0.3) is 5.91 Å². The van der Waals surface area contributed by atoms with Gasteiger partial charge >= 0.3 is 5.97 Å². The number of benzene rings is 1. The van der Waals surface area contributed by atoms with Crippen molar-refractivity contribution in [1.29, 1.82) is 0 Å². The largest absolute Gasteiger partial charge is 0.467 e. The van der Waals surface area contributed by atoms with E-state index in [1.807, 2.05) is 19.9 Å². The molecule has 0 saturated heterocycles. The lowest BCUT2D eigenvalue weighted by Crippen LogP contribution is -2.50. The van der Waals surface area contributed by atoms with E-state index < -0.39 is 11.5 Å². The van der Waals surface area contributed by atoms with Crippen molar-refractivity contribution in [3.8, 4) is 0 Å². The number of carbonyl (C=O) groups is 2. The van der Waals surface area contributed by atoms with Crippen molar-refractivity contribution in [2.75, 3.05) is 7.11 Å². The number of amides is 1. The molecule has 0 aromatic heterocycles. The summed E-state index contributed by atoms with van der Waals surface area (Å²) >= 11 is 0. The van der Waals surface area contributed by atoms with E-state index in [9.17, 15) is 9.59 Å². The normalized spacial score (nSPS) is 10.9. The Labute approximate surface area is 107 Å². The van der Waals surface area contributed by atoms with Crippen LogP contribution in [0.3, 0.4) is 0 Å². The van der Waals surface area contributed by atoms with Gasteiger partial charge in [0.1, 0.15) is 5.54 Å². The van der Waals surface area contributed by atoms with Gasteiger partial charge in [0.2, 0.25) is 0 Å². The number of ether oxygens (including phenoxy) is 1. The molecule has 0 unspecified atom stereocenters. The van der Waals surface area contributed by atoms with Gasteiger partial charge in [-0.25, -0.2) is 4.79 Å². The Hall–Kier alpha value is -1.84. The summed E-state index contributed by atoms with van der Waals surface area (Å²) in [6.45, 7) is 7.14. The number of rotatable bonds is 3. The molecule has 1 amide bonds. The van der Waals surface area contributed by atoms with E-state index in [0.717, 1.165) is 11.1 Å². The molecule has 0 aliphatic carbocycles. The lowest BCUT2D eigenvalue weighted by Gasteiger charge is -2.23. The summed E-state index contributed by atoms with van der Waals surface area (Å²) in [5, 5.41) is 2.66. The second-order valence-corrected chi connectivity index (χ2v) is 4.87. The minimum atomic E-state index is -1.04. The molecular weight excluding hydrogens is 230 g/mol. The summed E-state index contributed by atoms with van der Waals surface area (Å²) in [6, 6.07) is 5.43. The summed E-state index contributed by atoms with van der Waals surface area (Å²) in [6.07, 6.45) is 0. The van der Waals surface area contributed by atoms with Gasteiger partial charge in [0, 0.05) is 5.56 Å². The molecule has 0 fully saturated rings. The highest BCUT2D eigenvalue weighted by molar-refractivity contribution is 5.98. The summed E-state index contributed by atoms with van der Waals surface area (Å²) in [4.78, 5) is 23.5. The summed E-state index contributed by atoms with van der Waals surface area (Å²) < 4.78 is 4.64. The van der Waals surface area contributed by atoms with E-state index in [1.54, 1.807) is 26.0 Å². The number of esters is 1. The van der Waals surface area contributed by atoms with Crippen LogP contribution in [-0.4, -0.2) is 24.5 Å². The van der Waals surface area contributed by atoms with Crippen LogP contribution in [0.15, 0.2) is 18.2 Å². The number of methoxy groups -OCH3 is 1. The lowest BCUT2D eigenvalue weighted by molar-refractivity contribution is -0.146. The third kappa shape index (κ3) is 3.09. The van der Waals surface area contributed by atoms with E-state index in [2.05, 4.69) is 10.1 Å². The molecule has 0 spiro atoms. The van der Waals surface area contributed by atoms with E-state index in [-0.39, 0.29) is 5.91 Å². The van der Waals surface area contributed by atoms with Crippen molar-refractivity contribution in [2.24, 2.45) is 0 Å². The first-order valence-corrected chi connectivity index (χ1v) is 5.76. The average molecular weight is 249 g/mol. The first-order chi connectivity index (χ1) is 8.27. The second kappa shape index (κ2) is 5.21. The maximum Gasteiger partial charge on any atom is 0.330 e. The van der Waals surface area contributed by atoms with Crippen LogP contribution in [-0.2, 0) is 9.53 Å². The Kier molecular flexibility index (Phi) is 4.11. The second-order valence-electron chi connectivity index (χ2n) is 4.87. The number of hydrogen-bond donors (Lipinski definition) is 1. The van der Waals surface area contributed by atoms with Gasteiger partial charge in [-0.1, -0.05) is 6.07 Å². The third-order valence-electron chi connectivity index (χ3n) is 2.89. The fourth-order valence-electron chi connectivity index (χ4n) is 1.54. The van der Waals surface area contributed by atoms with Gasteiger partial charge in [-0.05, 0) is 51.0 Å². The molecule has 0 radical (unpaired) electrons. The molecule has 0 heterocycles. The Balaban J connectivity index is 2.89. The smallest absolute Gasteiger partial charge is 0.330 e. The SMILES string of the molecule is COC(=O)C(C)(C)NC(=O)c1ccc(C)c(C)c1. The molecule has 0 atom stereocenters. The highest BCUT2D eigenvalue weighted by Crippen LogP contribution is 2.12. The van der Waals surface area contributed by atoms with Crippen LogP contribution in [0.4, 0.5) is 0 Å². The zero-order valence-corrected chi connectivity index (χ0v) is 11.5. The lowest BCUT2D eigenvalue weighted by atomic mass is 10.0. The molecule has 1 N–H and O–H groups in total. The molecule has 0 aliphatic rings. The maximum atomic E-state index is 12.0. The van der Waals surface area contributed by atoms with Gasteiger partial charge in [-0.2, -0.15) is 0 Å². The van der Waals surface area contributed by atoms with Crippen molar-refractivity contribution in [3.05, 3.63) is 34.9 Å². The Morgan fingerprint density at radius 1 is 1.17 bits per heavy atom. The zero-order chi connectivity index (χ0) is 13.9. The summed E-state index contributed by atoms with van der Waals surface area (Å²) in [7, 11) is 1.30. The summed E-state index contributed by atoms with van der Waals surface area (Å²) in [5.41, 5.74) is 1.66. The van der Waals surface area contributed by atoms with Crippen LogP contribution in [0.1, 0.15) is 35.3 Å². The number of aryl methyl sites for hydroxylation is 2. The fraction of sp³-hybridized carbons (Fsp3) is 0.429. The first-order valence-electron chi connectivity index (χ1n) is 5.76. The first kappa shape index (κ1) is 14.2. The van der Waals surface area contributed by atoms with Gasteiger partial charge in [0.05, 0.1) is 7.11 Å². The molecule has 1 rings (SSSR count). The van der Waals surface area contributed by atoms with Crippen molar-refractivity contribution < 1.29 is 14.3 Å². The van der Waals surface area contributed by atoms with Gasteiger partial charge in [0.15, 0.2) is 0 Å². The van der Waals surface area contributed by atoms with Crippen LogP contribution in [0, 0.1) is 13.8 Å². The van der Waals surface area contributed by atoms with Gasteiger partial charge in [-0.3, -0.25) is 4.79 Å². The molecule has 0 aliphatic heterocycles. The minimum absolute atomic E-state index is 0.284. The number of carbonyl (C=O) groups excluding carboxylic acids is 2. The maximum absolute atomic E-state index is 12.0. The van der Waals surface area contributed by atoms with Crippen molar-refractivity contribution in [3.63, 3.8) is 0 Å². The fourth-order valence-corrected chi connectivity index (χ4v) is 1.54. The molecule has 1 aromatic carbocycles. The molecule has 1 aromatic rings. The van der Waals surface area contributed by atoms with Gasteiger partial charge < -0.3 is 10.1 Å². The van der Waals surface area contributed by atoms with Crippen LogP contribution < -0.4 is 5.32 Å². The molecule has 0 saturated carbocycles. The molecule has 4 nitrogen and oxygen atoms in total. The highest BCUT2D eigenvalue weighted by Gasteiger charge is 2.30. The standard InChI is InChI=1S/C14H19NO3/c1-9-6-7-11(8-10(9)2)12(16)15-14(3,4)13(17)18-5/h6-8H,1-5H3,(H,15,16). The molecule has 98 valence electrons. The van der Waals surface area contributed by atoms with Crippen molar-refractivity contribution >= 4 is 11.9 Å². The predicted molar refractivity (Wildman–Crippen MR) is 69.5 cm³/mol. The third-order valence-corrected chi connectivity index (χ3v) is 2.89. The van der Waals surface area contributed by atoms with Gasteiger partial charge in [-0.15, -0.1) is 0 Å². The molecular formula is C14H19NO3. The Bertz CT molecular complexity index is 478. The number of hydrogen-bond acceptors (Lipinski definition) is 3. The quantitative estimate of drug-likeness (QED) is 0.833. The van der Waals surface area contributed by atoms with E-state index in [0.29, 0.717) is 5.56 Å². The van der Waals surface area contributed by atoms with Crippen LogP contribution in [0.2, 0.25) is 0 Å². The molecule has 18 heavy (non-hydrogen) atoms. The number of nitrogens with one attached hydrogen (secondary N) is 1. The van der Waals surface area contributed by atoms with Crippen LogP contribution in [0.25, 0.3) is 0 Å². The van der Waals surface area contributed by atoms with Crippen LogP contribution in [0.5, 0.6) is 0 Å². The van der Waals surface area contributed by atoms with E-state index in [1.165, 1.54) is 7.11 Å². The minimum Gasteiger partial charge on any atom is -0.467 e. The molecule has 4 heteroatoms. The summed E-state index contributed by atoms with van der Waals surface area (Å²) in [5.74, 6) is -0.756. The van der Waals surface area contributed by atoms with E-state index >= 15 is 0 Å². The van der Waals surface area contributed by atoms with E-state index in [4.69, 9.17) is 0 Å². The zero-order valence-electron chi connectivity index (χ0n) is 11.5. The highest BCUT2D eigenvalue weighted by atomic mass is 16.5. The van der Waals surface area contributed by atoms with Crippen molar-refractivity contribution in [2.45, 2.75) is 33.2 Å². The van der Waals surface area contributed by atoms with Crippen molar-refractivity contribution in [1.82, 2.24) is 5.32 Å². The Morgan fingerprint density at radius 2 is 1.78 bits per heavy atom. The molecule has 0 bridgehead atoms. The monoisotopic (exact) mass is 249 g/mol. The van der Waals surface area contributed by atoms with Crippen LogP contribution >= 0.6 is 0 Å². The Morgan fingerprint density at radius 3 is 2.28 bits per heavy atom. The predicted octanol–water partition coefficient (Wildman–Crippen LogP) is 1.98. The average Bonchev–Trinajstić information content (AvgIpc) is 2.30. The topological polar surface area (TPSA) is 55.4 Å².